The Morgan fingerprint density at radius 2 is 2.06 bits per heavy atom. The lowest BCUT2D eigenvalue weighted by Crippen LogP contribution is -2.19. The number of rotatable bonds is 5. The van der Waals surface area contributed by atoms with Crippen LogP contribution in [0.5, 0.6) is 0 Å². The van der Waals surface area contributed by atoms with Crippen molar-refractivity contribution in [3.63, 3.8) is 0 Å². The molecule has 2 heterocycles. The molecule has 1 atom stereocenters. The molecule has 2 N–H and O–H groups in total. The fourth-order valence-electron chi connectivity index (χ4n) is 1.94. The quantitative estimate of drug-likeness (QED) is 0.854. The lowest BCUT2D eigenvalue weighted by atomic mass is 10.1. The van der Waals surface area contributed by atoms with E-state index < -0.39 is 0 Å². The van der Waals surface area contributed by atoms with E-state index in [0.29, 0.717) is 0 Å². The van der Waals surface area contributed by atoms with Gasteiger partial charge in [0.2, 0.25) is 0 Å². The molecule has 2 rings (SSSR count). The molecular formula is C13H18N4. The molecule has 4 nitrogen and oxygen atoms in total. The van der Waals surface area contributed by atoms with Gasteiger partial charge in [0.05, 0.1) is 6.04 Å². The zero-order valence-corrected chi connectivity index (χ0v) is 10.1. The highest BCUT2D eigenvalue weighted by Crippen LogP contribution is 2.14. The monoisotopic (exact) mass is 230 g/mol. The molecule has 0 fully saturated rings. The molecule has 0 radical (unpaired) electrons. The largest absolute Gasteiger partial charge is 0.334 e. The summed E-state index contributed by atoms with van der Waals surface area (Å²) in [4.78, 5) is 8.35. The Kier molecular flexibility index (Phi) is 3.88. The maximum absolute atomic E-state index is 6.20. The Balaban J connectivity index is 2.09. The molecule has 0 aliphatic rings. The molecule has 17 heavy (non-hydrogen) atoms. The number of nitrogens with zero attached hydrogens (tertiary/aromatic N) is 3. The summed E-state index contributed by atoms with van der Waals surface area (Å²) in [5.41, 5.74) is 7.39. The van der Waals surface area contributed by atoms with E-state index >= 15 is 0 Å². The average Bonchev–Trinajstić information content (AvgIpc) is 2.79. The second-order valence-corrected chi connectivity index (χ2v) is 4.14. The Morgan fingerprint density at radius 1 is 1.29 bits per heavy atom. The summed E-state index contributed by atoms with van der Waals surface area (Å²) >= 11 is 0. The summed E-state index contributed by atoms with van der Waals surface area (Å²) in [5, 5.41) is 0. The summed E-state index contributed by atoms with van der Waals surface area (Å²) in [7, 11) is 0. The van der Waals surface area contributed by atoms with Crippen LogP contribution in [-0.2, 0) is 13.0 Å². The van der Waals surface area contributed by atoms with Gasteiger partial charge in [0.1, 0.15) is 5.82 Å². The van der Waals surface area contributed by atoms with Gasteiger partial charge in [0.15, 0.2) is 0 Å². The highest BCUT2D eigenvalue weighted by Gasteiger charge is 2.12. The first kappa shape index (κ1) is 11.8. The van der Waals surface area contributed by atoms with Gasteiger partial charge in [-0.05, 0) is 30.5 Å². The first-order chi connectivity index (χ1) is 8.31. The SMILES string of the molecule is CCCn1ccnc1C(N)Cc1ccncc1. The maximum atomic E-state index is 6.20. The van der Waals surface area contributed by atoms with E-state index in [9.17, 15) is 0 Å². The molecule has 0 saturated carbocycles. The van der Waals surface area contributed by atoms with Crippen molar-refractivity contribution in [1.29, 1.82) is 0 Å². The van der Waals surface area contributed by atoms with Crippen LogP contribution in [0.1, 0.15) is 30.8 Å². The summed E-state index contributed by atoms with van der Waals surface area (Å²) in [6, 6.07) is 3.93. The minimum atomic E-state index is -0.0565. The van der Waals surface area contributed by atoms with Gasteiger partial charge in [-0.25, -0.2) is 4.98 Å². The maximum Gasteiger partial charge on any atom is 0.125 e. The zero-order chi connectivity index (χ0) is 12.1. The van der Waals surface area contributed by atoms with Crippen molar-refractivity contribution in [2.24, 2.45) is 5.73 Å². The third kappa shape index (κ3) is 2.91. The van der Waals surface area contributed by atoms with Crippen LogP contribution in [0.2, 0.25) is 0 Å². The van der Waals surface area contributed by atoms with Gasteiger partial charge in [0, 0.05) is 31.3 Å². The number of hydrogen-bond acceptors (Lipinski definition) is 3. The second kappa shape index (κ2) is 5.59. The van der Waals surface area contributed by atoms with Crippen LogP contribution >= 0.6 is 0 Å². The molecule has 0 saturated heterocycles. The van der Waals surface area contributed by atoms with Crippen molar-refractivity contribution in [3.05, 3.63) is 48.3 Å². The van der Waals surface area contributed by atoms with Gasteiger partial charge in [-0.15, -0.1) is 0 Å². The van der Waals surface area contributed by atoms with Gasteiger partial charge in [-0.1, -0.05) is 6.92 Å². The number of pyridine rings is 1. The fraction of sp³-hybridized carbons (Fsp3) is 0.385. The first-order valence-corrected chi connectivity index (χ1v) is 5.96. The Labute approximate surface area is 102 Å². The number of hydrogen-bond donors (Lipinski definition) is 1. The second-order valence-electron chi connectivity index (χ2n) is 4.14. The number of nitrogens with two attached hydrogens (primary N) is 1. The number of aryl methyl sites for hydroxylation is 1. The van der Waals surface area contributed by atoms with E-state index in [1.807, 2.05) is 24.5 Å². The van der Waals surface area contributed by atoms with E-state index in [2.05, 4.69) is 21.5 Å². The van der Waals surface area contributed by atoms with Crippen LogP contribution in [0.25, 0.3) is 0 Å². The number of aromatic nitrogens is 3. The predicted octanol–water partition coefficient (Wildman–Crippen LogP) is 1.93. The van der Waals surface area contributed by atoms with Gasteiger partial charge in [-0.3, -0.25) is 4.98 Å². The molecule has 90 valence electrons. The van der Waals surface area contributed by atoms with Crippen LogP contribution in [0.3, 0.4) is 0 Å². The van der Waals surface area contributed by atoms with E-state index in [4.69, 9.17) is 5.73 Å². The third-order valence-corrected chi connectivity index (χ3v) is 2.75. The zero-order valence-electron chi connectivity index (χ0n) is 10.1. The van der Waals surface area contributed by atoms with Crippen LogP contribution in [0.4, 0.5) is 0 Å². The topological polar surface area (TPSA) is 56.7 Å². The van der Waals surface area contributed by atoms with E-state index in [-0.39, 0.29) is 6.04 Å². The molecule has 2 aromatic rings. The lowest BCUT2D eigenvalue weighted by molar-refractivity contribution is 0.574. The Morgan fingerprint density at radius 3 is 2.76 bits per heavy atom. The third-order valence-electron chi connectivity index (χ3n) is 2.75. The Bertz CT molecular complexity index is 449. The Hall–Kier alpha value is -1.68. The van der Waals surface area contributed by atoms with Gasteiger partial charge >= 0.3 is 0 Å². The standard InChI is InChI=1S/C13H18N4/c1-2-8-17-9-7-16-13(17)12(14)10-11-3-5-15-6-4-11/h3-7,9,12H,2,8,10,14H2,1H3. The molecular weight excluding hydrogens is 212 g/mol. The molecule has 0 amide bonds. The van der Waals surface area contributed by atoms with Gasteiger partial charge < -0.3 is 10.3 Å². The predicted molar refractivity (Wildman–Crippen MR) is 67.4 cm³/mol. The van der Waals surface area contributed by atoms with E-state index in [1.165, 1.54) is 5.56 Å². The smallest absolute Gasteiger partial charge is 0.125 e. The summed E-state index contributed by atoms with van der Waals surface area (Å²) in [6.45, 7) is 3.12. The molecule has 0 spiro atoms. The molecule has 0 aliphatic heterocycles. The summed E-state index contributed by atoms with van der Waals surface area (Å²) in [5.74, 6) is 0.962. The van der Waals surface area contributed by atoms with E-state index in [0.717, 1.165) is 25.2 Å². The van der Waals surface area contributed by atoms with Crippen molar-refractivity contribution in [1.82, 2.24) is 14.5 Å². The first-order valence-electron chi connectivity index (χ1n) is 5.96. The normalized spacial score (nSPS) is 12.6. The highest BCUT2D eigenvalue weighted by molar-refractivity contribution is 5.13. The van der Waals surface area contributed by atoms with Crippen molar-refractivity contribution < 1.29 is 0 Å². The van der Waals surface area contributed by atoms with Crippen LogP contribution in [0, 0.1) is 0 Å². The van der Waals surface area contributed by atoms with Crippen molar-refractivity contribution in [2.45, 2.75) is 32.4 Å². The minimum absolute atomic E-state index is 0.0565. The van der Waals surface area contributed by atoms with Crippen LogP contribution in [-0.4, -0.2) is 14.5 Å². The molecule has 0 aromatic carbocycles. The minimum Gasteiger partial charge on any atom is -0.334 e. The number of imidazole rings is 1. The van der Waals surface area contributed by atoms with Gasteiger partial charge in [0.25, 0.3) is 0 Å². The van der Waals surface area contributed by atoms with Gasteiger partial charge in [-0.2, -0.15) is 0 Å². The molecule has 1 unspecified atom stereocenters. The summed E-state index contributed by atoms with van der Waals surface area (Å²) < 4.78 is 2.13. The van der Waals surface area contributed by atoms with Crippen molar-refractivity contribution in [2.75, 3.05) is 0 Å². The molecule has 0 aliphatic carbocycles. The van der Waals surface area contributed by atoms with Crippen LogP contribution < -0.4 is 5.73 Å². The fourth-order valence-corrected chi connectivity index (χ4v) is 1.94. The van der Waals surface area contributed by atoms with Crippen LogP contribution in [0.15, 0.2) is 36.9 Å². The molecule has 4 heteroatoms. The van der Waals surface area contributed by atoms with Crippen molar-refractivity contribution in [3.8, 4) is 0 Å². The average molecular weight is 230 g/mol. The van der Waals surface area contributed by atoms with E-state index in [1.54, 1.807) is 12.4 Å². The highest BCUT2D eigenvalue weighted by atomic mass is 15.1. The molecule has 2 aromatic heterocycles. The molecule has 0 bridgehead atoms. The lowest BCUT2D eigenvalue weighted by Gasteiger charge is -2.13. The van der Waals surface area contributed by atoms with Crippen molar-refractivity contribution >= 4 is 0 Å². The summed E-state index contributed by atoms with van der Waals surface area (Å²) in [6.07, 6.45) is 9.28.